The number of benzene rings is 2. The fraction of sp³-hybridized carbons (Fsp3) is 0.267. The zero-order valence-electron chi connectivity index (χ0n) is 21.3. The monoisotopic (exact) mass is 523 g/mol. The Hall–Kier alpha value is -3.94. The second-order valence-corrected chi connectivity index (χ2v) is 9.13. The molecule has 8 heteroatoms. The third kappa shape index (κ3) is 6.13. The Balaban J connectivity index is 1.49. The van der Waals surface area contributed by atoms with E-state index in [9.17, 15) is 17.6 Å². The molecule has 0 aliphatic heterocycles. The van der Waals surface area contributed by atoms with Crippen LogP contribution in [0.25, 0.3) is 17.0 Å². The van der Waals surface area contributed by atoms with Gasteiger partial charge in [0.05, 0.1) is 5.39 Å². The average Bonchev–Trinajstić information content (AvgIpc) is 2.90. The van der Waals surface area contributed by atoms with Gasteiger partial charge >= 0.3 is 0 Å². The summed E-state index contributed by atoms with van der Waals surface area (Å²) in [6, 6.07) is 7.63. The smallest absolute Gasteiger partial charge is 0.273 e. The van der Waals surface area contributed by atoms with Gasteiger partial charge in [0.2, 0.25) is 0 Å². The fourth-order valence-corrected chi connectivity index (χ4v) is 4.15. The number of nitrogens with one attached hydrogen (secondary N) is 1. The number of rotatable bonds is 9. The second-order valence-electron chi connectivity index (χ2n) is 9.13. The fourth-order valence-electron chi connectivity index (χ4n) is 4.15. The van der Waals surface area contributed by atoms with Crippen molar-refractivity contribution in [3.63, 3.8) is 0 Å². The van der Waals surface area contributed by atoms with E-state index in [4.69, 9.17) is 4.74 Å². The van der Waals surface area contributed by atoms with E-state index >= 15 is 0 Å². The first-order valence-corrected chi connectivity index (χ1v) is 12.4. The van der Waals surface area contributed by atoms with Gasteiger partial charge in [0.15, 0.2) is 0 Å². The minimum Gasteiger partial charge on any atom is -0.461 e. The zero-order valence-corrected chi connectivity index (χ0v) is 21.3. The van der Waals surface area contributed by atoms with Gasteiger partial charge in [-0.15, -0.1) is 0 Å². The van der Waals surface area contributed by atoms with Crippen molar-refractivity contribution in [2.45, 2.75) is 45.5 Å². The maximum Gasteiger partial charge on any atom is 0.273 e. The number of halogens is 4. The lowest BCUT2D eigenvalue weighted by Gasteiger charge is -2.20. The normalized spacial score (nSPS) is 14.2. The molecule has 1 aliphatic rings. The van der Waals surface area contributed by atoms with Crippen LogP contribution in [-0.2, 0) is 6.42 Å². The van der Waals surface area contributed by atoms with Gasteiger partial charge < -0.3 is 10.1 Å². The van der Waals surface area contributed by atoms with Crippen LogP contribution in [0.5, 0.6) is 5.75 Å². The molecule has 1 aliphatic carbocycles. The first kappa shape index (κ1) is 27.1. The van der Waals surface area contributed by atoms with Gasteiger partial charge in [-0.1, -0.05) is 43.4 Å². The topological polar surface area (TPSA) is 47.0 Å². The molecule has 1 aromatic heterocycles. The largest absolute Gasteiger partial charge is 0.461 e. The third-order valence-electron chi connectivity index (χ3n) is 6.43. The van der Waals surface area contributed by atoms with Crippen LogP contribution in [0.2, 0.25) is 0 Å². The van der Waals surface area contributed by atoms with Crippen LogP contribution in [-0.4, -0.2) is 22.4 Å². The van der Waals surface area contributed by atoms with Gasteiger partial charge in [0, 0.05) is 30.5 Å². The number of fused-ring (bicyclic) bond motifs is 1. The summed E-state index contributed by atoms with van der Waals surface area (Å²) in [6.45, 7) is 7.63. The van der Waals surface area contributed by atoms with Crippen molar-refractivity contribution in [1.29, 1.82) is 0 Å². The van der Waals surface area contributed by atoms with Crippen molar-refractivity contribution in [3.8, 4) is 5.75 Å². The molecule has 4 nitrogen and oxygen atoms in total. The molecule has 1 N–H and O–H groups in total. The predicted octanol–water partition coefficient (Wildman–Crippen LogP) is 8.18. The van der Waals surface area contributed by atoms with Gasteiger partial charge in [0.1, 0.15) is 40.8 Å². The molecule has 4 rings (SSSR count). The average molecular weight is 524 g/mol. The highest BCUT2D eigenvalue weighted by atomic mass is 19.3. The summed E-state index contributed by atoms with van der Waals surface area (Å²) >= 11 is 0. The van der Waals surface area contributed by atoms with Crippen LogP contribution in [0.15, 0.2) is 78.4 Å². The SMILES string of the molecule is C=Cc1cc(CCNc2ncnc3c(F)ccc(F)c23)ccc1OC1=CC(C(F)(F)CC)=CC=C(C)CC1. The summed E-state index contributed by atoms with van der Waals surface area (Å²) in [7, 11) is 0. The molecule has 0 radical (unpaired) electrons. The summed E-state index contributed by atoms with van der Waals surface area (Å²) in [4.78, 5) is 7.91. The first-order valence-electron chi connectivity index (χ1n) is 12.4. The van der Waals surface area contributed by atoms with E-state index in [2.05, 4.69) is 21.9 Å². The molecule has 0 atom stereocenters. The molecule has 0 saturated heterocycles. The third-order valence-corrected chi connectivity index (χ3v) is 6.43. The van der Waals surface area contributed by atoms with E-state index in [-0.39, 0.29) is 28.7 Å². The van der Waals surface area contributed by atoms with Gasteiger partial charge in [-0.05, 0) is 55.7 Å². The predicted molar refractivity (Wildman–Crippen MR) is 143 cm³/mol. The van der Waals surface area contributed by atoms with E-state index in [0.29, 0.717) is 42.9 Å². The number of alkyl halides is 2. The van der Waals surface area contributed by atoms with Crippen molar-refractivity contribution < 1.29 is 22.3 Å². The van der Waals surface area contributed by atoms with Gasteiger partial charge in [-0.2, -0.15) is 0 Å². The van der Waals surface area contributed by atoms with Gasteiger partial charge in [-0.3, -0.25) is 0 Å². The summed E-state index contributed by atoms with van der Waals surface area (Å²) in [5, 5.41) is 3.06. The molecule has 0 spiro atoms. The number of ether oxygens (including phenoxy) is 1. The highest BCUT2D eigenvalue weighted by Gasteiger charge is 2.31. The Morgan fingerprint density at radius 3 is 2.63 bits per heavy atom. The van der Waals surface area contributed by atoms with Crippen LogP contribution in [0, 0.1) is 11.6 Å². The molecule has 198 valence electrons. The molecule has 2 aromatic carbocycles. The zero-order chi connectivity index (χ0) is 27.3. The van der Waals surface area contributed by atoms with E-state index in [0.717, 1.165) is 23.3 Å². The molecule has 0 amide bonds. The van der Waals surface area contributed by atoms with Crippen molar-refractivity contribution in [2.24, 2.45) is 0 Å². The minimum absolute atomic E-state index is 0.00246. The maximum atomic E-state index is 14.5. The standard InChI is InChI=1S/C30H29F4N3O/c1-4-21-16-20(14-15-35-29-27-24(31)11-12-25(32)28(27)36-18-37-29)8-13-26(21)38-23-10-7-19(3)6-9-22(17-23)30(33,34)5-2/h4,6,8-9,11-13,16-18H,1,5,7,10,14-15H2,2-3H3,(H,35,36,37). The Kier molecular flexibility index (Phi) is 8.29. The second kappa shape index (κ2) is 11.6. The van der Waals surface area contributed by atoms with Gasteiger partial charge in [0.25, 0.3) is 5.92 Å². The lowest BCUT2D eigenvalue weighted by Crippen LogP contribution is -2.18. The number of allylic oxidation sites excluding steroid dienone is 6. The molecule has 3 aromatic rings. The molecular weight excluding hydrogens is 494 g/mol. The van der Waals surface area contributed by atoms with Crippen molar-refractivity contribution in [1.82, 2.24) is 9.97 Å². The van der Waals surface area contributed by atoms with Crippen LogP contribution < -0.4 is 10.1 Å². The molecule has 0 fully saturated rings. The molecule has 0 unspecified atom stereocenters. The Labute approximate surface area is 219 Å². The van der Waals surface area contributed by atoms with Crippen molar-refractivity contribution >= 4 is 22.8 Å². The highest BCUT2D eigenvalue weighted by Crippen LogP contribution is 2.33. The molecule has 38 heavy (non-hydrogen) atoms. The van der Waals surface area contributed by atoms with E-state index < -0.39 is 17.6 Å². The van der Waals surface area contributed by atoms with Crippen LogP contribution in [0.1, 0.15) is 44.2 Å². The highest BCUT2D eigenvalue weighted by molar-refractivity contribution is 5.89. The molecular formula is C30H29F4N3O. The minimum atomic E-state index is -2.95. The summed E-state index contributed by atoms with van der Waals surface area (Å²) in [5.74, 6) is -2.99. The van der Waals surface area contributed by atoms with Crippen LogP contribution >= 0.6 is 0 Å². The number of hydrogen-bond acceptors (Lipinski definition) is 4. The molecule has 0 saturated carbocycles. The van der Waals surface area contributed by atoms with E-state index in [1.165, 1.54) is 25.4 Å². The van der Waals surface area contributed by atoms with Crippen LogP contribution in [0.4, 0.5) is 23.4 Å². The molecule has 0 bridgehead atoms. The van der Waals surface area contributed by atoms with Crippen molar-refractivity contribution in [3.05, 3.63) is 101 Å². The Bertz CT molecular complexity index is 1440. The number of nitrogens with zero attached hydrogens (tertiary/aromatic N) is 2. The summed E-state index contributed by atoms with van der Waals surface area (Å²) in [6.07, 6.45) is 8.91. The van der Waals surface area contributed by atoms with E-state index in [1.54, 1.807) is 18.2 Å². The number of anilines is 1. The lowest BCUT2D eigenvalue weighted by atomic mass is 9.99. The maximum absolute atomic E-state index is 14.5. The lowest BCUT2D eigenvalue weighted by molar-refractivity contribution is 0.0410. The quantitative estimate of drug-likeness (QED) is 0.287. The summed E-state index contributed by atoms with van der Waals surface area (Å²) < 4.78 is 63.5. The Morgan fingerprint density at radius 1 is 1.08 bits per heavy atom. The van der Waals surface area contributed by atoms with E-state index in [1.807, 2.05) is 19.1 Å². The van der Waals surface area contributed by atoms with Crippen molar-refractivity contribution in [2.75, 3.05) is 11.9 Å². The van der Waals surface area contributed by atoms with Gasteiger partial charge in [-0.25, -0.2) is 27.5 Å². The summed E-state index contributed by atoms with van der Waals surface area (Å²) in [5.41, 5.74) is 2.49. The Morgan fingerprint density at radius 2 is 1.87 bits per heavy atom. The first-order chi connectivity index (χ1) is 18.2. The van der Waals surface area contributed by atoms with Crippen LogP contribution in [0.3, 0.4) is 0 Å². The molecule has 1 heterocycles. The number of aromatic nitrogens is 2. The number of hydrogen-bond donors (Lipinski definition) is 1.